The van der Waals surface area contributed by atoms with Crippen LogP contribution in [0, 0.1) is 16.1 Å². The fourth-order valence-corrected chi connectivity index (χ4v) is 1.12. The van der Waals surface area contributed by atoms with Crippen molar-refractivity contribution in [1.82, 2.24) is 9.78 Å². The molecule has 1 N–H and O–H groups in total. The summed E-state index contributed by atoms with van der Waals surface area (Å²) in [6.45, 7) is 1.56. The first-order valence-electron chi connectivity index (χ1n) is 4.09. The zero-order valence-corrected chi connectivity index (χ0v) is 7.75. The van der Waals surface area contributed by atoms with Gasteiger partial charge >= 0.3 is 17.6 Å². The smallest absolute Gasteiger partial charge is 0.343 e. The Labute approximate surface area is 83.3 Å². The average Bonchev–Trinajstić information content (AvgIpc) is 2.48. The van der Waals surface area contributed by atoms with Gasteiger partial charge in [-0.15, -0.1) is 5.10 Å². The molecular weight excluding hydrogens is 209 g/mol. The van der Waals surface area contributed by atoms with Gasteiger partial charge in [0.1, 0.15) is 12.2 Å². The van der Waals surface area contributed by atoms with Crippen molar-refractivity contribution in [3.63, 3.8) is 0 Å². The zero-order chi connectivity index (χ0) is 11.6. The van der Waals surface area contributed by atoms with Gasteiger partial charge in [0.2, 0.25) is 0 Å². The van der Waals surface area contributed by atoms with Crippen molar-refractivity contribution in [3.8, 4) is 0 Å². The highest BCUT2D eigenvalue weighted by Gasteiger charge is 2.25. The van der Waals surface area contributed by atoms with Crippen molar-refractivity contribution in [2.24, 2.45) is 0 Å². The van der Waals surface area contributed by atoms with E-state index in [4.69, 9.17) is 5.11 Å². The summed E-state index contributed by atoms with van der Waals surface area (Å²) >= 11 is 0. The Bertz CT molecular complexity index is 403. The van der Waals surface area contributed by atoms with E-state index >= 15 is 0 Å². The van der Waals surface area contributed by atoms with Crippen molar-refractivity contribution in [2.45, 2.75) is 19.4 Å². The molecule has 0 fully saturated rings. The van der Waals surface area contributed by atoms with Crippen LogP contribution in [-0.2, 0) is 4.79 Å². The summed E-state index contributed by atoms with van der Waals surface area (Å²) in [4.78, 5) is 20.0. The van der Waals surface area contributed by atoms with Crippen LogP contribution in [-0.4, -0.2) is 25.8 Å². The minimum atomic E-state index is -1.28. The van der Waals surface area contributed by atoms with Crippen molar-refractivity contribution in [2.75, 3.05) is 0 Å². The molecular formula is C7H8FN3O4. The van der Waals surface area contributed by atoms with E-state index < -0.39 is 28.6 Å². The van der Waals surface area contributed by atoms with Crippen molar-refractivity contribution in [1.29, 1.82) is 0 Å². The fourth-order valence-electron chi connectivity index (χ4n) is 1.12. The number of carbonyl (C=O) groups is 1. The van der Waals surface area contributed by atoms with Crippen molar-refractivity contribution in [3.05, 3.63) is 22.3 Å². The zero-order valence-electron chi connectivity index (χ0n) is 7.75. The number of hydrogen-bond donors (Lipinski definition) is 1. The molecule has 0 spiro atoms. The van der Waals surface area contributed by atoms with E-state index in [2.05, 4.69) is 5.10 Å². The summed E-state index contributed by atoms with van der Waals surface area (Å²) in [5.74, 6) is -2.49. The molecule has 0 aliphatic carbocycles. The maximum atomic E-state index is 12.9. The third-order valence-electron chi connectivity index (χ3n) is 1.86. The van der Waals surface area contributed by atoms with Crippen LogP contribution in [0.1, 0.15) is 19.4 Å². The quantitative estimate of drug-likeness (QED) is 0.598. The fraction of sp³-hybridized carbons (Fsp3) is 0.429. The van der Waals surface area contributed by atoms with Gasteiger partial charge in [0.15, 0.2) is 0 Å². The van der Waals surface area contributed by atoms with Crippen LogP contribution in [0.3, 0.4) is 0 Å². The normalized spacial score (nSPS) is 12.4. The van der Waals surface area contributed by atoms with Crippen molar-refractivity contribution >= 4 is 11.7 Å². The Morgan fingerprint density at radius 3 is 2.80 bits per heavy atom. The van der Waals surface area contributed by atoms with Gasteiger partial charge in [-0.1, -0.05) is 6.92 Å². The number of nitrogens with zero attached hydrogens (tertiary/aromatic N) is 3. The van der Waals surface area contributed by atoms with Gasteiger partial charge in [0, 0.05) is 0 Å². The molecule has 1 atom stereocenters. The first-order valence-corrected chi connectivity index (χ1v) is 4.09. The Balaban J connectivity index is 3.10. The molecule has 1 aromatic heterocycles. The van der Waals surface area contributed by atoms with E-state index in [1.54, 1.807) is 6.92 Å². The lowest BCUT2D eigenvalue weighted by Gasteiger charge is -2.08. The minimum absolute atomic E-state index is 0.160. The van der Waals surface area contributed by atoms with E-state index in [-0.39, 0.29) is 6.42 Å². The highest BCUT2D eigenvalue weighted by atomic mass is 19.1. The second-order valence-corrected chi connectivity index (χ2v) is 2.80. The number of rotatable bonds is 4. The molecule has 8 heteroatoms. The Kier molecular flexibility index (Phi) is 2.98. The highest BCUT2D eigenvalue weighted by Crippen LogP contribution is 2.19. The Morgan fingerprint density at radius 2 is 2.47 bits per heavy atom. The molecule has 0 aromatic carbocycles. The molecule has 0 radical (unpaired) electrons. The molecule has 0 aliphatic rings. The predicted molar refractivity (Wildman–Crippen MR) is 45.8 cm³/mol. The number of aromatic nitrogens is 2. The maximum absolute atomic E-state index is 12.9. The molecule has 1 unspecified atom stereocenters. The largest absolute Gasteiger partial charge is 0.480 e. The number of nitro groups is 1. The standard InChI is InChI=1S/C7H8FN3O4/c1-2-4(7(12)13)10-3-5(11(14)15)6(8)9-10/h3-4H,2H2,1H3,(H,12,13). The van der Waals surface area contributed by atoms with Crippen LogP contribution >= 0.6 is 0 Å². The van der Waals surface area contributed by atoms with Gasteiger partial charge in [-0.3, -0.25) is 10.1 Å². The van der Waals surface area contributed by atoms with Gasteiger partial charge in [-0.2, -0.15) is 4.39 Å². The molecule has 0 amide bonds. The Hall–Kier alpha value is -1.99. The van der Waals surface area contributed by atoms with Crippen molar-refractivity contribution < 1.29 is 19.2 Å². The molecule has 1 heterocycles. The topological polar surface area (TPSA) is 98.3 Å². The van der Waals surface area contributed by atoms with Gasteiger partial charge in [-0.25, -0.2) is 9.48 Å². The van der Waals surface area contributed by atoms with E-state index in [1.165, 1.54) is 0 Å². The van der Waals surface area contributed by atoms with Gasteiger partial charge < -0.3 is 5.11 Å². The highest BCUT2D eigenvalue weighted by molar-refractivity contribution is 5.71. The lowest BCUT2D eigenvalue weighted by atomic mass is 10.2. The van der Waals surface area contributed by atoms with Gasteiger partial charge in [0.05, 0.1) is 4.92 Å². The van der Waals surface area contributed by atoms with E-state index in [0.717, 1.165) is 10.9 Å². The SMILES string of the molecule is CCC(C(=O)O)n1cc([N+](=O)[O-])c(F)n1. The predicted octanol–water partition coefficient (Wildman–Crippen LogP) is 0.966. The molecule has 0 saturated carbocycles. The van der Waals surface area contributed by atoms with E-state index in [0.29, 0.717) is 0 Å². The van der Waals surface area contributed by atoms with Crippen LogP contribution in [0.15, 0.2) is 6.20 Å². The molecule has 0 saturated heterocycles. The monoisotopic (exact) mass is 217 g/mol. The van der Waals surface area contributed by atoms with Gasteiger partial charge in [-0.05, 0) is 6.42 Å². The number of aliphatic carboxylic acids is 1. The van der Waals surface area contributed by atoms with E-state index in [9.17, 15) is 19.3 Å². The molecule has 0 bridgehead atoms. The molecule has 7 nitrogen and oxygen atoms in total. The van der Waals surface area contributed by atoms with E-state index in [1.807, 2.05) is 0 Å². The number of hydrogen-bond acceptors (Lipinski definition) is 4. The summed E-state index contributed by atoms with van der Waals surface area (Å²) in [6.07, 6.45) is 0.936. The Morgan fingerprint density at radius 1 is 1.87 bits per heavy atom. The number of halogens is 1. The maximum Gasteiger partial charge on any atom is 0.343 e. The van der Waals surface area contributed by atoms with Crippen LogP contribution in [0.5, 0.6) is 0 Å². The molecule has 1 rings (SSSR count). The van der Waals surface area contributed by atoms with Crippen LogP contribution in [0.4, 0.5) is 10.1 Å². The van der Waals surface area contributed by atoms with Crippen LogP contribution in [0.25, 0.3) is 0 Å². The summed E-state index contributed by atoms with van der Waals surface area (Å²) in [5, 5.41) is 22.1. The lowest BCUT2D eigenvalue weighted by molar-refractivity contribution is -0.387. The third-order valence-corrected chi connectivity index (χ3v) is 1.86. The summed E-state index contributed by atoms with van der Waals surface area (Å²) in [5.41, 5.74) is -0.824. The third kappa shape index (κ3) is 2.09. The van der Waals surface area contributed by atoms with Gasteiger partial charge in [0.25, 0.3) is 0 Å². The summed E-state index contributed by atoms with van der Waals surface area (Å²) in [6, 6.07) is -1.09. The first-order chi connectivity index (χ1) is 6.97. The second-order valence-electron chi connectivity index (χ2n) is 2.80. The minimum Gasteiger partial charge on any atom is -0.480 e. The average molecular weight is 217 g/mol. The second kappa shape index (κ2) is 4.03. The molecule has 0 aliphatic heterocycles. The first kappa shape index (κ1) is 11.1. The number of carboxylic acids is 1. The van der Waals surface area contributed by atoms with Crippen LogP contribution < -0.4 is 0 Å². The lowest BCUT2D eigenvalue weighted by Crippen LogP contribution is -2.18. The molecule has 82 valence electrons. The summed E-state index contributed by atoms with van der Waals surface area (Å²) in [7, 11) is 0. The number of carboxylic acid groups (broad SMARTS) is 1. The molecule has 15 heavy (non-hydrogen) atoms. The molecule has 1 aromatic rings. The summed E-state index contributed by atoms with van der Waals surface area (Å²) < 4.78 is 13.6. The van der Waals surface area contributed by atoms with Crippen LogP contribution in [0.2, 0.25) is 0 Å².